The molecular formula is C27H19Cl2N3O4S. The number of carbonyl (C=O) groups is 2. The van der Waals surface area contributed by atoms with E-state index in [0.717, 1.165) is 16.0 Å². The Labute approximate surface area is 226 Å². The van der Waals surface area contributed by atoms with Gasteiger partial charge in [0.2, 0.25) is 0 Å². The lowest BCUT2D eigenvalue weighted by Gasteiger charge is -2.03. The van der Waals surface area contributed by atoms with E-state index in [1.165, 1.54) is 17.4 Å². The fourth-order valence-corrected chi connectivity index (χ4v) is 4.56. The number of carbonyl (C=O) groups excluding carboxylic acids is 2. The molecule has 1 amide bonds. The number of nitrogens with zero attached hydrogens (tertiary/aromatic N) is 2. The number of aromatic nitrogens is 1. The van der Waals surface area contributed by atoms with Gasteiger partial charge >= 0.3 is 5.97 Å². The Morgan fingerprint density at radius 2 is 1.95 bits per heavy atom. The molecule has 7 nitrogen and oxygen atoms in total. The summed E-state index contributed by atoms with van der Waals surface area (Å²) < 4.78 is 10.8. The van der Waals surface area contributed by atoms with E-state index >= 15 is 0 Å². The minimum Gasteiger partial charge on any atom is -0.462 e. The summed E-state index contributed by atoms with van der Waals surface area (Å²) in [6, 6.07) is 17.4. The van der Waals surface area contributed by atoms with Crippen molar-refractivity contribution >= 4 is 57.6 Å². The van der Waals surface area contributed by atoms with Crippen molar-refractivity contribution < 1.29 is 18.7 Å². The topological polar surface area (TPSA) is 105 Å². The molecule has 37 heavy (non-hydrogen) atoms. The van der Waals surface area contributed by atoms with Crippen molar-refractivity contribution in [3.05, 3.63) is 98.2 Å². The van der Waals surface area contributed by atoms with Gasteiger partial charge in [-0.05, 0) is 42.8 Å². The standard InChI is InChI=1S/C27H19Cl2N3O4S/c1-2-35-26(34)17-8-6-16(7-9-17)23-11-10-20(36-23)12-19(14-30)25(33)32-27-31-15-21(37-27)13-18-4-3-5-22(28)24(18)29/h3-12,15H,2,13H2,1H3,(H,31,32,33). The third-order valence-electron chi connectivity index (χ3n) is 5.13. The number of nitrogens with one attached hydrogen (secondary N) is 1. The van der Waals surface area contributed by atoms with E-state index in [4.69, 9.17) is 32.4 Å². The van der Waals surface area contributed by atoms with Crippen molar-refractivity contribution in [3.63, 3.8) is 0 Å². The predicted molar refractivity (Wildman–Crippen MR) is 144 cm³/mol. The molecule has 1 N–H and O–H groups in total. The van der Waals surface area contributed by atoms with Crippen molar-refractivity contribution in [1.82, 2.24) is 4.98 Å². The second-order valence-electron chi connectivity index (χ2n) is 7.65. The maximum Gasteiger partial charge on any atom is 0.338 e. The highest BCUT2D eigenvalue weighted by atomic mass is 35.5. The molecule has 0 aliphatic heterocycles. The Hall–Kier alpha value is -3.90. The second kappa shape index (κ2) is 11.9. The number of rotatable bonds is 8. The molecule has 2 aromatic heterocycles. The first-order valence-electron chi connectivity index (χ1n) is 11.1. The summed E-state index contributed by atoms with van der Waals surface area (Å²) in [6.07, 6.45) is 3.50. The molecule has 0 atom stereocenters. The molecule has 2 aromatic carbocycles. The van der Waals surface area contributed by atoms with Gasteiger partial charge < -0.3 is 9.15 Å². The summed E-state index contributed by atoms with van der Waals surface area (Å²) in [5.74, 6) is -0.168. The van der Waals surface area contributed by atoms with Gasteiger partial charge in [0, 0.05) is 29.1 Å². The summed E-state index contributed by atoms with van der Waals surface area (Å²) >= 11 is 13.6. The monoisotopic (exact) mass is 551 g/mol. The Morgan fingerprint density at radius 1 is 1.16 bits per heavy atom. The third kappa shape index (κ3) is 6.46. The zero-order chi connectivity index (χ0) is 26.4. The number of hydrogen-bond donors (Lipinski definition) is 1. The van der Waals surface area contributed by atoms with Crippen molar-refractivity contribution in [2.75, 3.05) is 11.9 Å². The average Bonchev–Trinajstić information content (AvgIpc) is 3.55. The minimum absolute atomic E-state index is 0.145. The van der Waals surface area contributed by atoms with E-state index in [9.17, 15) is 14.9 Å². The number of thiazole rings is 1. The van der Waals surface area contributed by atoms with Crippen LogP contribution in [0.15, 0.2) is 70.8 Å². The lowest BCUT2D eigenvalue weighted by atomic mass is 10.1. The molecule has 4 aromatic rings. The summed E-state index contributed by atoms with van der Waals surface area (Å²) in [6.45, 7) is 2.04. The van der Waals surface area contributed by atoms with Gasteiger partial charge in [0.1, 0.15) is 23.2 Å². The van der Waals surface area contributed by atoms with Crippen LogP contribution >= 0.6 is 34.5 Å². The fraction of sp³-hybridized carbons (Fsp3) is 0.111. The first-order valence-corrected chi connectivity index (χ1v) is 12.6. The highest BCUT2D eigenvalue weighted by Crippen LogP contribution is 2.30. The lowest BCUT2D eigenvalue weighted by Crippen LogP contribution is -2.13. The minimum atomic E-state index is -0.610. The Balaban J connectivity index is 1.43. The molecular weight excluding hydrogens is 533 g/mol. The van der Waals surface area contributed by atoms with Gasteiger partial charge in [-0.2, -0.15) is 5.26 Å². The number of nitriles is 1. The Bertz CT molecular complexity index is 1520. The van der Waals surface area contributed by atoms with Crippen molar-refractivity contribution in [3.8, 4) is 17.4 Å². The molecule has 2 heterocycles. The second-order valence-corrected chi connectivity index (χ2v) is 9.55. The molecule has 0 aliphatic carbocycles. The van der Waals surface area contributed by atoms with E-state index in [1.54, 1.807) is 55.6 Å². The molecule has 10 heteroatoms. The van der Waals surface area contributed by atoms with Crippen LogP contribution in [0, 0.1) is 11.3 Å². The number of ether oxygens (including phenoxy) is 1. The van der Waals surface area contributed by atoms with Gasteiger partial charge in [0.25, 0.3) is 5.91 Å². The van der Waals surface area contributed by atoms with Crippen LogP contribution in [0.1, 0.15) is 33.5 Å². The van der Waals surface area contributed by atoms with E-state index in [2.05, 4.69) is 10.3 Å². The van der Waals surface area contributed by atoms with Gasteiger partial charge in [-0.15, -0.1) is 11.3 Å². The van der Waals surface area contributed by atoms with Crippen molar-refractivity contribution in [2.24, 2.45) is 0 Å². The molecule has 0 unspecified atom stereocenters. The molecule has 0 fully saturated rings. The summed E-state index contributed by atoms with van der Waals surface area (Å²) in [5, 5.41) is 13.5. The number of furan rings is 1. The largest absolute Gasteiger partial charge is 0.462 e. The van der Waals surface area contributed by atoms with Crippen LogP contribution in [-0.4, -0.2) is 23.5 Å². The highest BCUT2D eigenvalue weighted by Gasteiger charge is 2.15. The van der Waals surface area contributed by atoms with Crippen LogP contribution in [-0.2, 0) is 16.0 Å². The number of benzene rings is 2. The van der Waals surface area contributed by atoms with Crippen molar-refractivity contribution in [1.29, 1.82) is 5.26 Å². The Morgan fingerprint density at radius 3 is 2.68 bits per heavy atom. The maximum atomic E-state index is 12.7. The molecule has 0 bridgehead atoms. The smallest absolute Gasteiger partial charge is 0.338 e. The molecule has 4 rings (SSSR count). The quantitative estimate of drug-likeness (QED) is 0.143. The van der Waals surface area contributed by atoms with Crippen LogP contribution in [0.5, 0.6) is 0 Å². The van der Waals surface area contributed by atoms with Crippen LogP contribution in [0.3, 0.4) is 0 Å². The van der Waals surface area contributed by atoms with Crippen LogP contribution in [0.2, 0.25) is 10.0 Å². The molecule has 0 spiro atoms. The normalized spacial score (nSPS) is 11.1. The van der Waals surface area contributed by atoms with E-state index in [1.807, 2.05) is 18.2 Å². The van der Waals surface area contributed by atoms with Crippen LogP contribution in [0.25, 0.3) is 17.4 Å². The average molecular weight is 552 g/mol. The van der Waals surface area contributed by atoms with Crippen molar-refractivity contribution in [2.45, 2.75) is 13.3 Å². The first kappa shape index (κ1) is 26.2. The van der Waals surface area contributed by atoms with Gasteiger partial charge in [-0.25, -0.2) is 9.78 Å². The van der Waals surface area contributed by atoms with Crippen LogP contribution < -0.4 is 5.32 Å². The zero-order valence-electron chi connectivity index (χ0n) is 19.5. The first-order chi connectivity index (χ1) is 17.9. The zero-order valence-corrected chi connectivity index (χ0v) is 21.8. The molecule has 186 valence electrons. The maximum absolute atomic E-state index is 12.7. The van der Waals surface area contributed by atoms with E-state index in [-0.39, 0.29) is 5.57 Å². The fourth-order valence-electron chi connectivity index (χ4n) is 3.35. The summed E-state index contributed by atoms with van der Waals surface area (Å²) in [7, 11) is 0. The van der Waals surface area contributed by atoms with Gasteiger partial charge in [-0.3, -0.25) is 10.1 Å². The number of esters is 1. The molecule has 0 radical (unpaired) electrons. The summed E-state index contributed by atoms with van der Waals surface area (Å²) in [4.78, 5) is 29.6. The lowest BCUT2D eigenvalue weighted by molar-refractivity contribution is -0.112. The number of halogens is 2. The molecule has 0 saturated carbocycles. The Kier molecular flexibility index (Phi) is 8.41. The van der Waals surface area contributed by atoms with E-state index < -0.39 is 11.9 Å². The molecule has 0 aliphatic rings. The van der Waals surface area contributed by atoms with Gasteiger partial charge in [0.05, 0.1) is 22.2 Å². The summed E-state index contributed by atoms with van der Waals surface area (Å²) in [5.41, 5.74) is 1.86. The predicted octanol–water partition coefficient (Wildman–Crippen LogP) is 7.02. The third-order valence-corrected chi connectivity index (χ3v) is 6.90. The number of anilines is 1. The van der Waals surface area contributed by atoms with Gasteiger partial charge in [-0.1, -0.05) is 47.5 Å². The molecule has 0 saturated heterocycles. The number of amides is 1. The van der Waals surface area contributed by atoms with Gasteiger partial charge in [0.15, 0.2) is 5.13 Å². The number of hydrogen-bond acceptors (Lipinski definition) is 7. The van der Waals surface area contributed by atoms with Crippen LogP contribution in [0.4, 0.5) is 5.13 Å². The SMILES string of the molecule is CCOC(=O)c1ccc(-c2ccc(C=C(C#N)C(=O)Nc3ncc(Cc4cccc(Cl)c4Cl)s3)o2)cc1. The van der Waals surface area contributed by atoms with E-state index in [0.29, 0.717) is 45.3 Å². The highest BCUT2D eigenvalue weighted by molar-refractivity contribution is 7.15.